The van der Waals surface area contributed by atoms with Crippen LogP contribution in [0.15, 0.2) is 0 Å². The average molecular weight is 239 g/mol. The molecule has 1 saturated carbocycles. The Morgan fingerprint density at radius 3 is 2.65 bits per heavy atom. The van der Waals surface area contributed by atoms with Crippen LogP contribution in [0.1, 0.15) is 26.2 Å². The molecule has 4 atom stereocenters. The first-order valence-electron chi connectivity index (χ1n) is 6.75. The average Bonchev–Trinajstić information content (AvgIpc) is 2.81. The number of nitrogens with two attached hydrogens (primary N) is 1. The molecule has 2 rings (SSSR count). The smallest absolute Gasteiger partial charge is 0.239 e. The van der Waals surface area contributed by atoms with Gasteiger partial charge in [0.05, 0.1) is 6.04 Å². The van der Waals surface area contributed by atoms with Gasteiger partial charge in [-0.1, -0.05) is 6.92 Å². The fourth-order valence-corrected chi connectivity index (χ4v) is 3.46. The molecular formula is C13H25N3O. The Labute approximate surface area is 104 Å². The van der Waals surface area contributed by atoms with Crippen LogP contribution in [0.3, 0.4) is 0 Å². The largest absolute Gasteiger partial charge is 0.341 e. The van der Waals surface area contributed by atoms with Crippen LogP contribution in [-0.2, 0) is 4.79 Å². The fourth-order valence-electron chi connectivity index (χ4n) is 3.46. The second-order valence-electron chi connectivity index (χ2n) is 5.80. The van der Waals surface area contributed by atoms with Gasteiger partial charge in [-0.3, -0.25) is 9.69 Å². The topological polar surface area (TPSA) is 49.6 Å². The molecule has 1 aliphatic heterocycles. The lowest BCUT2D eigenvalue weighted by Gasteiger charge is -2.28. The third-order valence-electron chi connectivity index (χ3n) is 4.52. The van der Waals surface area contributed by atoms with Crippen molar-refractivity contribution in [1.82, 2.24) is 9.80 Å². The van der Waals surface area contributed by atoms with Crippen molar-refractivity contribution in [2.24, 2.45) is 17.6 Å². The Morgan fingerprint density at radius 2 is 2.12 bits per heavy atom. The molecule has 1 saturated heterocycles. The second kappa shape index (κ2) is 4.94. The molecule has 1 amide bonds. The SMILES string of the molecule is CCC(C(=O)N1CC2CCC(N)C2C1)N(C)C. The van der Waals surface area contributed by atoms with E-state index in [9.17, 15) is 4.79 Å². The minimum Gasteiger partial charge on any atom is -0.341 e. The van der Waals surface area contributed by atoms with Crippen molar-refractivity contribution < 1.29 is 4.79 Å². The first-order chi connectivity index (χ1) is 8.04. The Hall–Kier alpha value is -0.610. The van der Waals surface area contributed by atoms with E-state index in [1.165, 1.54) is 6.42 Å². The molecule has 0 aromatic rings. The van der Waals surface area contributed by atoms with Crippen LogP contribution in [0.2, 0.25) is 0 Å². The zero-order valence-corrected chi connectivity index (χ0v) is 11.2. The highest BCUT2D eigenvalue weighted by Gasteiger charge is 2.43. The van der Waals surface area contributed by atoms with Crippen LogP contribution >= 0.6 is 0 Å². The lowest BCUT2D eigenvalue weighted by molar-refractivity contribution is -0.135. The van der Waals surface area contributed by atoms with Crippen molar-refractivity contribution in [1.29, 1.82) is 0 Å². The number of carbonyl (C=O) groups is 1. The number of amides is 1. The lowest BCUT2D eigenvalue weighted by atomic mass is 9.98. The molecule has 2 N–H and O–H groups in total. The minimum atomic E-state index is 0.0325. The number of carbonyl (C=O) groups excluding carboxylic acids is 1. The predicted molar refractivity (Wildman–Crippen MR) is 68.5 cm³/mol. The van der Waals surface area contributed by atoms with Gasteiger partial charge in [0.25, 0.3) is 0 Å². The van der Waals surface area contributed by atoms with Crippen molar-refractivity contribution in [3.63, 3.8) is 0 Å². The van der Waals surface area contributed by atoms with Crippen LogP contribution < -0.4 is 5.73 Å². The molecule has 4 nitrogen and oxygen atoms in total. The monoisotopic (exact) mass is 239 g/mol. The molecular weight excluding hydrogens is 214 g/mol. The van der Waals surface area contributed by atoms with Crippen LogP contribution in [0.25, 0.3) is 0 Å². The van der Waals surface area contributed by atoms with Gasteiger partial charge >= 0.3 is 0 Å². The van der Waals surface area contributed by atoms with Gasteiger partial charge in [-0.2, -0.15) is 0 Å². The van der Waals surface area contributed by atoms with E-state index in [-0.39, 0.29) is 6.04 Å². The number of hydrogen-bond acceptors (Lipinski definition) is 3. The molecule has 17 heavy (non-hydrogen) atoms. The lowest BCUT2D eigenvalue weighted by Crippen LogP contribution is -2.45. The van der Waals surface area contributed by atoms with Gasteiger partial charge in [0, 0.05) is 19.1 Å². The van der Waals surface area contributed by atoms with E-state index in [2.05, 4.69) is 6.92 Å². The maximum Gasteiger partial charge on any atom is 0.239 e. The van der Waals surface area contributed by atoms with Gasteiger partial charge in [-0.05, 0) is 45.2 Å². The highest BCUT2D eigenvalue weighted by atomic mass is 16.2. The van der Waals surface area contributed by atoms with E-state index in [1.807, 2.05) is 23.9 Å². The third-order valence-corrected chi connectivity index (χ3v) is 4.52. The highest BCUT2D eigenvalue weighted by molar-refractivity contribution is 5.82. The Kier molecular flexibility index (Phi) is 3.73. The van der Waals surface area contributed by atoms with E-state index in [1.54, 1.807) is 0 Å². The van der Waals surface area contributed by atoms with Gasteiger partial charge in [0.2, 0.25) is 5.91 Å². The van der Waals surface area contributed by atoms with Crippen molar-refractivity contribution in [2.45, 2.75) is 38.3 Å². The third kappa shape index (κ3) is 2.33. The quantitative estimate of drug-likeness (QED) is 0.781. The van der Waals surface area contributed by atoms with Gasteiger partial charge in [0.15, 0.2) is 0 Å². The molecule has 4 unspecified atom stereocenters. The molecule has 0 radical (unpaired) electrons. The van der Waals surface area contributed by atoms with E-state index in [0.29, 0.717) is 23.8 Å². The zero-order valence-electron chi connectivity index (χ0n) is 11.2. The van der Waals surface area contributed by atoms with E-state index < -0.39 is 0 Å². The molecule has 0 aromatic carbocycles. The molecule has 0 aromatic heterocycles. The number of nitrogens with zero attached hydrogens (tertiary/aromatic N) is 2. The molecule has 1 aliphatic carbocycles. The Morgan fingerprint density at radius 1 is 1.41 bits per heavy atom. The Balaban J connectivity index is 1.98. The Bertz CT molecular complexity index is 292. The molecule has 1 heterocycles. The van der Waals surface area contributed by atoms with E-state index >= 15 is 0 Å². The first kappa shape index (κ1) is 12.8. The van der Waals surface area contributed by atoms with Gasteiger partial charge in [0.1, 0.15) is 0 Å². The molecule has 4 heteroatoms. The number of fused-ring (bicyclic) bond motifs is 1. The van der Waals surface area contributed by atoms with Crippen LogP contribution in [0.4, 0.5) is 0 Å². The molecule has 0 bridgehead atoms. The van der Waals surface area contributed by atoms with Crippen LogP contribution in [-0.4, -0.2) is 55.0 Å². The predicted octanol–water partition coefficient (Wildman–Crippen LogP) is 0.522. The maximum absolute atomic E-state index is 12.4. The highest BCUT2D eigenvalue weighted by Crippen LogP contribution is 2.37. The summed E-state index contributed by atoms with van der Waals surface area (Å²) in [6, 6.07) is 0.349. The maximum atomic E-state index is 12.4. The van der Waals surface area contributed by atoms with Crippen LogP contribution in [0.5, 0.6) is 0 Å². The van der Waals surface area contributed by atoms with Crippen molar-refractivity contribution in [3.05, 3.63) is 0 Å². The zero-order chi connectivity index (χ0) is 12.6. The van der Waals surface area contributed by atoms with Gasteiger partial charge in [-0.25, -0.2) is 0 Å². The summed E-state index contributed by atoms with van der Waals surface area (Å²) in [5.74, 6) is 1.51. The molecule has 98 valence electrons. The standard InChI is InChI=1S/C13H25N3O/c1-4-12(15(2)3)13(17)16-7-9-5-6-11(14)10(9)8-16/h9-12H,4-8,14H2,1-3H3. The van der Waals surface area contributed by atoms with E-state index in [0.717, 1.165) is 25.9 Å². The van der Waals surface area contributed by atoms with Crippen molar-refractivity contribution >= 4 is 5.91 Å². The fraction of sp³-hybridized carbons (Fsp3) is 0.923. The number of hydrogen-bond donors (Lipinski definition) is 1. The molecule has 2 fully saturated rings. The number of likely N-dealkylation sites (tertiary alicyclic amines) is 1. The molecule has 2 aliphatic rings. The summed E-state index contributed by atoms with van der Waals surface area (Å²) in [6.45, 7) is 3.89. The summed E-state index contributed by atoms with van der Waals surface area (Å²) in [4.78, 5) is 16.5. The normalized spacial score (nSPS) is 34.2. The van der Waals surface area contributed by atoms with Crippen molar-refractivity contribution in [3.8, 4) is 0 Å². The minimum absolute atomic E-state index is 0.0325. The summed E-state index contributed by atoms with van der Waals surface area (Å²) in [5.41, 5.74) is 6.10. The number of likely N-dealkylation sites (N-methyl/N-ethyl adjacent to an activating group) is 1. The van der Waals surface area contributed by atoms with Crippen LogP contribution in [0, 0.1) is 11.8 Å². The summed E-state index contributed by atoms with van der Waals surface area (Å²) in [7, 11) is 3.96. The van der Waals surface area contributed by atoms with E-state index in [4.69, 9.17) is 5.73 Å². The van der Waals surface area contributed by atoms with Gasteiger partial charge in [-0.15, -0.1) is 0 Å². The summed E-state index contributed by atoms with van der Waals surface area (Å²) < 4.78 is 0. The second-order valence-corrected chi connectivity index (χ2v) is 5.80. The van der Waals surface area contributed by atoms with Gasteiger partial charge < -0.3 is 10.6 Å². The van der Waals surface area contributed by atoms with Crippen molar-refractivity contribution in [2.75, 3.05) is 27.2 Å². The summed E-state index contributed by atoms with van der Waals surface area (Å²) in [5, 5.41) is 0. The molecule has 0 spiro atoms. The first-order valence-corrected chi connectivity index (χ1v) is 6.75. The summed E-state index contributed by atoms with van der Waals surface area (Å²) in [6.07, 6.45) is 3.22. The number of rotatable bonds is 3. The summed E-state index contributed by atoms with van der Waals surface area (Å²) >= 11 is 0.